The molecule has 7 heteroatoms. The highest BCUT2D eigenvalue weighted by atomic mass is 19.4. The highest BCUT2D eigenvalue weighted by molar-refractivity contribution is 5.91. The summed E-state index contributed by atoms with van der Waals surface area (Å²) in [5.74, 6) is 0. The number of hydrogen-bond acceptors (Lipinski definition) is 3. The van der Waals surface area contributed by atoms with E-state index >= 15 is 0 Å². The number of nitrogen functional groups attached to an aromatic ring is 1. The number of benzene rings is 2. The van der Waals surface area contributed by atoms with Gasteiger partial charge in [-0.15, -0.1) is 0 Å². The van der Waals surface area contributed by atoms with Crippen LogP contribution in [0.15, 0.2) is 42.6 Å². The molecule has 0 amide bonds. The average Bonchev–Trinajstić information content (AvgIpc) is 2.92. The van der Waals surface area contributed by atoms with Crippen LogP contribution >= 0.6 is 0 Å². The molecule has 0 aliphatic carbocycles. The fraction of sp³-hybridized carbons (Fsp3) is 0.133. The van der Waals surface area contributed by atoms with Gasteiger partial charge in [0.25, 0.3) is 0 Å². The van der Waals surface area contributed by atoms with Gasteiger partial charge in [-0.2, -0.15) is 18.3 Å². The maximum absolute atomic E-state index is 12.9. The lowest BCUT2D eigenvalue weighted by atomic mass is 10.1. The predicted octanol–water partition coefficient (Wildman–Crippen LogP) is 3.78. The minimum Gasteiger partial charge on any atom is -0.399 e. The standard InChI is InChI=1S/C15H13F3N4/c16-15(17,18)10-5-13(12-8-21-22-14(12)6-10)20-7-9-2-1-3-11(19)4-9/h1-6,8,20H,7,19H2,(H,21,22). The molecule has 0 spiro atoms. The number of H-pyrrole nitrogens is 1. The highest BCUT2D eigenvalue weighted by Crippen LogP contribution is 2.34. The second kappa shape index (κ2) is 5.25. The Kier molecular flexibility index (Phi) is 3.40. The first-order valence-corrected chi connectivity index (χ1v) is 6.56. The molecule has 0 radical (unpaired) electrons. The van der Waals surface area contributed by atoms with Crippen LogP contribution in [0.25, 0.3) is 10.9 Å². The van der Waals surface area contributed by atoms with E-state index in [1.807, 2.05) is 6.07 Å². The maximum Gasteiger partial charge on any atom is 0.416 e. The number of rotatable bonds is 3. The van der Waals surface area contributed by atoms with Gasteiger partial charge in [0, 0.05) is 23.3 Å². The zero-order chi connectivity index (χ0) is 15.7. The number of fused-ring (bicyclic) bond motifs is 1. The van der Waals surface area contributed by atoms with Gasteiger partial charge in [-0.05, 0) is 29.8 Å². The molecule has 0 unspecified atom stereocenters. The molecule has 0 aliphatic rings. The highest BCUT2D eigenvalue weighted by Gasteiger charge is 2.31. The van der Waals surface area contributed by atoms with E-state index in [0.717, 1.165) is 17.7 Å². The second-order valence-corrected chi connectivity index (χ2v) is 4.95. The van der Waals surface area contributed by atoms with Gasteiger partial charge >= 0.3 is 6.18 Å². The van der Waals surface area contributed by atoms with Crippen LogP contribution in [0, 0.1) is 0 Å². The molecule has 0 atom stereocenters. The van der Waals surface area contributed by atoms with Crippen molar-refractivity contribution in [1.82, 2.24) is 10.2 Å². The summed E-state index contributed by atoms with van der Waals surface area (Å²) in [5, 5.41) is 9.99. The summed E-state index contributed by atoms with van der Waals surface area (Å²) in [7, 11) is 0. The van der Waals surface area contributed by atoms with Gasteiger partial charge in [-0.1, -0.05) is 12.1 Å². The summed E-state index contributed by atoms with van der Waals surface area (Å²) in [6.07, 6.45) is -2.91. The van der Waals surface area contributed by atoms with E-state index in [1.165, 1.54) is 6.20 Å². The summed E-state index contributed by atoms with van der Waals surface area (Å²) in [4.78, 5) is 0. The largest absolute Gasteiger partial charge is 0.416 e. The second-order valence-electron chi connectivity index (χ2n) is 4.95. The Morgan fingerprint density at radius 1 is 1.18 bits per heavy atom. The van der Waals surface area contributed by atoms with Crippen LogP contribution in [0.2, 0.25) is 0 Å². The first kappa shape index (κ1) is 14.2. The normalized spacial score (nSPS) is 11.8. The number of alkyl halides is 3. The molecular weight excluding hydrogens is 293 g/mol. The van der Waals surface area contributed by atoms with Crippen molar-refractivity contribution < 1.29 is 13.2 Å². The number of nitrogens with zero attached hydrogens (tertiary/aromatic N) is 1. The smallest absolute Gasteiger partial charge is 0.399 e. The van der Waals surface area contributed by atoms with Crippen molar-refractivity contribution >= 4 is 22.3 Å². The van der Waals surface area contributed by atoms with Gasteiger partial charge in [0.15, 0.2) is 0 Å². The Morgan fingerprint density at radius 2 is 2.00 bits per heavy atom. The van der Waals surface area contributed by atoms with Crippen molar-refractivity contribution in [2.24, 2.45) is 0 Å². The fourth-order valence-corrected chi connectivity index (χ4v) is 2.26. The van der Waals surface area contributed by atoms with Gasteiger partial charge in [0.2, 0.25) is 0 Å². The molecule has 0 fully saturated rings. The molecule has 1 aromatic heterocycles. The lowest BCUT2D eigenvalue weighted by Gasteiger charge is -2.12. The fourth-order valence-electron chi connectivity index (χ4n) is 2.26. The topological polar surface area (TPSA) is 66.7 Å². The molecular formula is C15H13F3N4. The molecule has 22 heavy (non-hydrogen) atoms. The van der Waals surface area contributed by atoms with Crippen molar-refractivity contribution in [3.63, 3.8) is 0 Å². The molecule has 1 heterocycles. The number of nitrogens with two attached hydrogens (primary N) is 1. The Hall–Kier alpha value is -2.70. The van der Waals surface area contributed by atoms with Crippen molar-refractivity contribution in [2.45, 2.75) is 12.7 Å². The van der Waals surface area contributed by atoms with Crippen LogP contribution in [0.4, 0.5) is 24.5 Å². The Labute approximate surface area is 124 Å². The quantitative estimate of drug-likeness (QED) is 0.645. The van der Waals surface area contributed by atoms with E-state index in [2.05, 4.69) is 15.5 Å². The number of halogens is 3. The number of nitrogens with one attached hydrogen (secondary N) is 2. The average molecular weight is 306 g/mol. The van der Waals surface area contributed by atoms with E-state index in [-0.39, 0.29) is 0 Å². The minimum atomic E-state index is -4.41. The van der Waals surface area contributed by atoms with Gasteiger partial charge in [0.05, 0.1) is 17.3 Å². The van der Waals surface area contributed by atoms with Gasteiger partial charge in [0.1, 0.15) is 0 Å². The third-order valence-electron chi connectivity index (χ3n) is 3.32. The summed E-state index contributed by atoms with van der Waals surface area (Å²) >= 11 is 0. The molecule has 2 aromatic carbocycles. The molecule has 0 saturated carbocycles. The first-order valence-electron chi connectivity index (χ1n) is 6.56. The summed E-state index contributed by atoms with van der Waals surface area (Å²) in [6.45, 7) is 0.368. The van der Waals surface area contributed by atoms with E-state index in [9.17, 15) is 13.2 Å². The Morgan fingerprint density at radius 3 is 2.73 bits per heavy atom. The predicted molar refractivity (Wildman–Crippen MR) is 79.3 cm³/mol. The van der Waals surface area contributed by atoms with Gasteiger partial charge in [-0.3, -0.25) is 5.10 Å². The summed E-state index contributed by atoms with van der Waals surface area (Å²) < 4.78 is 38.8. The van der Waals surface area contributed by atoms with E-state index in [1.54, 1.807) is 18.2 Å². The van der Waals surface area contributed by atoms with E-state index < -0.39 is 11.7 Å². The molecule has 4 nitrogen and oxygen atoms in total. The van der Waals surface area contributed by atoms with E-state index in [4.69, 9.17) is 5.73 Å². The minimum absolute atomic E-state index is 0.338. The van der Waals surface area contributed by atoms with Crippen molar-refractivity contribution in [3.8, 4) is 0 Å². The Balaban J connectivity index is 1.93. The van der Waals surface area contributed by atoms with Crippen molar-refractivity contribution in [1.29, 1.82) is 0 Å². The zero-order valence-electron chi connectivity index (χ0n) is 11.4. The van der Waals surface area contributed by atoms with Crippen molar-refractivity contribution in [3.05, 3.63) is 53.7 Å². The van der Waals surface area contributed by atoms with Crippen LogP contribution in [0.5, 0.6) is 0 Å². The first-order chi connectivity index (χ1) is 10.4. The van der Waals surface area contributed by atoms with E-state index in [0.29, 0.717) is 28.8 Å². The SMILES string of the molecule is Nc1cccc(CNc2cc(C(F)(F)F)cc3[nH]ncc23)c1. The van der Waals surface area contributed by atoms with Crippen LogP contribution in [-0.4, -0.2) is 10.2 Å². The molecule has 3 rings (SSSR count). The number of aromatic nitrogens is 2. The van der Waals surface area contributed by atoms with Gasteiger partial charge in [-0.25, -0.2) is 0 Å². The molecule has 3 aromatic rings. The molecule has 114 valence electrons. The van der Waals surface area contributed by atoms with Crippen molar-refractivity contribution in [2.75, 3.05) is 11.1 Å². The number of hydrogen-bond donors (Lipinski definition) is 3. The monoisotopic (exact) mass is 306 g/mol. The molecule has 4 N–H and O–H groups in total. The zero-order valence-corrected chi connectivity index (χ0v) is 11.4. The molecule has 0 bridgehead atoms. The lowest BCUT2D eigenvalue weighted by Crippen LogP contribution is -2.07. The summed E-state index contributed by atoms with van der Waals surface area (Å²) in [5.41, 5.74) is 7.17. The van der Waals surface area contributed by atoms with Crippen LogP contribution in [-0.2, 0) is 12.7 Å². The molecule has 0 saturated heterocycles. The number of anilines is 2. The van der Waals surface area contributed by atoms with Crippen LogP contribution < -0.4 is 11.1 Å². The third-order valence-corrected chi connectivity index (χ3v) is 3.32. The Bertz CT molecular complexity index is 808. The maximum atomic E-state index is 12.9. The third kappa shape index (κ3) is 2.83. The van der Waals surface area contributed by atoms with Gasteiger partial charge < -0.3 is 11.1 Å². The lowest BCUT2D eigenvalue weighted by molar-refractivity contribution is -0.137. The van der Waals surface area contributed by atoms with Crippen LogP contribution in [0.1, 0.15) is 11.1 Å². The summed E-state index contributed by atoms with van der Waals surface area (Å²) in [6, 6.07) is 9.31. The number of aromatic amines is 1. The van der Waals surface area contributed by atoms with Crippen LogP contribution in [0.3, 0.4) is 0 Å². The molecule has 0 aliphatic heterocycles.